The Kier molecular flexibility index (Phi) is 11.8. The molecule has 0 aliphatic heterocycles. The van der Waals surface area contributed by atoms with Crippen molar-refractivity contribution in [2.45, 2.75) is 77.6 Å². The van der Waals surface area contributed by atoms with Crippen molar-refractivity contribution >= 4 is 0 Å². The van der Waals surface area contributed by atoms with Gasteiger partial charge in [0.1, 0.15) is 0 Å². The Bertz CT molecular complexity index is 656. The number of benzene rings is 1. The first-order chi connectivity index (χ1) is 13.0. The van der Waals surface area contributed by atoms with Crippen molar-refractivity contribution in [1.82, 2.24) is 0 Å². The Morgan fingerprint density at radius 2 is 1.54 bits per heavy atom. The molecule has 2 saturated carbocycles. The fraction of sp³-hybridized carbons (Fsp3) is 0.600. The maximum atomic E-state index is 14.2. The van der Waals surface area contributed by atoms with E-state index in [-0.39, 0.29) is 41.5 Å². The van der Waals surface area contributed by atoms with Crippen molar-refractivity contribution in [2.24, 2.45) is 17.8 Å². The number of allylic oxidation sites excluding steroid dienone is 1. The van der Waals surface area contributed by atoms with Crippen molar-refractivity contribution < 1.29 is 44.3 Å². The zero-order chi connectivity index (χ0) is 19.8. The van der Waals surface area contributed by atoms with E-state index < -0.39 is 11.6 Å². The summed E-state index contributed by atoms with van der Waals surface area (Å²) in [5, 5.41) is 0. The summed E-state index contributed by atoms with van der Waals surface area (Å²) in [6, 6.07) is 3.53. The van der Waals surface area contributed by atoms with E-state index in [9.17, 15) is 8.78 Å². The number of aryl methyl sites for hydroxylation is 1. The Balaban J connectivity index is 0. The molecule has 1 radical (unpaired) electrons. The Morgan fingerprint density at radius 1 is 1.04 bits per heavy atom. The molecule has 3 heteroatoms. The van der Waals surface area contributed by atoms with E-state index in [0.717, 1.165) is 37.0 Å². The predicted octanol–water partition coefficient (Wildman–Crippen LogP) is 8.02. The number of rotatable bonds is 4. The maximum Gasteiger partial charge on any atom is 0.162 e. The zero-order valence-electron chi connectivity index (χ0n) is 17.4. The van der Waals surface area contributed by atoms with E-state index in [2.05, 4.69) is 12.7 Å². The minimum Gasteiger partial charge on any atom is -0.694 e. The van der Waals surface area contributed by atoms with Gasteiger partial charge in [-0.3, -0.25) is 0 Å². The summed E-state index contributed by atoms with van der Waals surface area (Å²) >= 11 is 0. The molecule has 28 heavy (non-hydrogen) atoms. The second-order valence-corrected chi connectivity index (χ2v) is 8.27. The zero-order valence-corrected chi connectivity index (χ0v) is 20.3. The molecule has 2 aliphatic rings. The van der Waals surface area contributed by atoms with Gasteiger partial charge in [0, 0.05) is 35.6 Å². The molecule has 0 aromatic heterocycles. The van der Waals surface area contributed by atoms with Crippen molar-refractivity contribution in [3.8, 4) is 5.92 Å². The number of hydrogen-bond acceptors (Lipinski definition) is 0. The molecule has 0 bridgehead atoms. The summed E-state index contributed by atoms with van der Waals surface area (Å²) in [7, 11) is 0. The molecule has 0 nitrogen and oxygen atoms in total. The van der Waals surface area contributed by atoms with Crippen LogP contribution in [0.4, 0.5) is 8.78 Å². The molecule has 155 valence electrons. The fourth-order valence-electron chi connectivity index (χ4n) is 5.01. The Hall–Kier alpha value is -0.516. The summed E-state index contributed by atoms with van der Waals surface area (Å²) < 4.78 is 28.1. The molecule has 1 aromatic rings. The largest absolute Gasteiger partial charge is 0.694 e. The molecule has 0 atom stereocenters. The third-order valence-corrected chi connectivity index (χ3v) is 6.58. The van der Waals surface area contributed by atoms with Gasteiger partial charge in [0.2, 0.25) is 0 Å². The van der Waals surface area contributed by atoms with E-state index >= 15 is 0 Å². The Morgan fingerprint density at radius 3 is 2.04 bits per heavy atom. The van der Waals surface area contributed by atoms with Crippen LogP contribution >= 0.6 is 0 Å². The van der Waals surface area contributed by atoms with Crippen molar-refractivity contribution in [1.29, 1.82) is 0 Å². The first-order valence-corrected chi connectivity index (χ1v) is 10.4. The molecule has 0 N–H and O–H groups in total. The van der Waals surface area contributed by atoms with Crippen LogP contribution in [0.2, 0.25) is 0 Å². The summed E-state index contributed by atoms with van der Waals surface area (Å²) in [6.45, 7) is 7.03. The normalized spacial score (nSPS) is 26.8. The summed E-state index contributed by atoms with van der Waals surface area (Å²) in [6.07, 6.45) is 18.9. The molecule has 2 aliphatic carbocycles. The molecule has 0 heterocycles. The average molecular weight is 464 g/mol. The van der Waals surface area contributed by atoms with Gasteiger partial charge in [-0.15, -0.1) is 6.58 Å². The molecule has 0 spiro atoms. The number of halogens is 2. The topological polar surface area (TPSA) is 0 Å². The first kappa shape index (κ1) is 25.5. The smallest absolute Gasteiger partial charge is 0.162 e. The van der Waals surface area contributed by atoms with Crippen LogP contribution in [0.25, 0.3) is 0 Å². The van der Waals surface area contributed by atoms with Crippen molar-refractivity contribution in [2.75, 3.05) is 0 Å². The SMILES string of the molecule is C=CCC1CCC(C2CCC(c3ccc(C)c(F)c3F)CC2)CC1.[C-]#CC.[HH].[HH].[Y]. The van der Waals surface area contributed by atoms with Crippen molar-refractivity contribution in [3.63, 3.8) is 0 Å². The van der Waals surface area contributed by atoms with E-state index in [4.69, 9.17) is 6.42 Å². The average Bonchev–Trinajstić information content (AvgIpc) is 2.68. The van der Waals surface area contributed by atoms with Gasteiger partial charge >= 0.3 is 0 Å². The summed E-state index contributed by atoms with van der Waals surface area (Å²) in [5.41, 5.74) is 1.01. The Labute approximate surface area is 198 Å². The van der Waals surface area contributed by atoms with Gasteiger partial charge in [0.15, 0.2) is 11.6 Å². The molecule has 0 amide bonds. The first-order valence-electron chi connectivity index (χ1n) is 10.4. The molecule has 0 unspecified atom stereocenters. The standard InChI is InChI=1S/C22H30F2.C3H3.Y.2H2/c1-3-4-16-6-8-17(9-7-16)18-10-12-19(13-11-18)20-14-5-15(2)21(23)22(20)24;1-3-2;;;/h3,5,14,16-19H,1,4,6-13H2,2H3;1H3;;2*1H/q;-1;;;. The van der Waals surface area contributed by atoms with Crippen molar-refractivity contribution in [3.05, 3.63) is 54.0 Å². The third kappa shape index (κ3) is 6.78. The van der Waals surface area contributed by atoms with Gasteiger partial charge in [0.25, 0.3) is 0 Å². The van der Waals surface area contributed by atoms with Crippen LogP contribution in [0, 0.1) is 48.7 Å². The minimum atomic E-state index is -0.657. The second-order valence-electron chi connectivity index (χ2n) is 8.27. The number of hydrogen-bond donors (Lipinski definition) is 0. The molecular weight excluding hydrogens is 427 g/mol. The van der Waals surface area contributed by atoms with Crippen LogP contribution in [0.15, 0.2) is 24.8 Å². The van der Waals surface area contributed by atoms with Gasteiger partial charge < -0.3 is 12.3 Å². The minimum absolute atomic E-state index is 0. The van der Waals surface area contributed by atoms with Gasteiger partial charge in [-0.25, -0.2) is 8.78 Å². The summed E-state index contributed by atoms with van der Waals surface area (Å²) in [5.74, 6) is 3.43. The van der Waals surface area contributed by atoms with E-state index in [1.165, 1.54) is 38.5 Å². The van der Waals surface area contributed by atoms with Crippen LogP contribution in [0.1, 0.15) is 84.6 Å². The van der Waals surface area contributed by atoms with Crippen LogP contribution in [0.3, 0.4) is 0 Å². The quantitative estimate of drug-likeness (QED) is 0.240. The van der Waals surface area contributed by atoms with Crippen LogP contribution in [-0.4, -0.2) is 0 Å². The van der Waals surface area contributed by atoms with E-state index in [1.807, 2.05) is 5.92 Å². The van der Waals surface area contributed by atoms with E-state index in [0.29, 0.717) is 11.1 Å². The van der Waals surface area contributed by atoms with Gasteiger partial charge in [0.05, 0.1) is 0 Å². The molecule has 2 fully saturated rings. The maximum absolute atomic E-state index is 14.2. The fourth-order valence-corrected chi connectivity index (χ4v) is 5.01. The van der Waals surface area contributed by atoms with Crippen LogP contribution < -0.4 is 0 Å². The molecule has 0 saturated heterocycles. The van der Waals surface area contributed by atoms with Gasteiger partial charge in [-0.05, 0) is 106 Å². The van der Waals surface area contributed by atoms with Crippen LogP contribution in [0.5, 0.6) is 0 Å². The van der Waals surface area contributed by atoms with Gasteiger partial charge in [-0.1, -0.05) is 18.2 Å². The predicted molar refractivity (Wildman–Crippen MR) is 113 cm³/mol. The second kappa shape index (κ2) is 12.9. The van der Waals surface area contributed by atoms with Gasteiger partial charge in [-0.2, -0.15) is 0 Å². The third-order valence-electron chi connectivity index (χ3n) is 6.58. The molecular formula is C25H37F2Y-. The van der Waals surface area contributed by atoms with E-state index in [1.54, 1.807) is 26.0 Å². The monoisotopic (exact) mass is 464 g/mol. The molecule has 1 aromatic carbocycles. The summed E-state index contributed by atoms with van der Waals surface area (Å²) in [4.78, 5) is 0. The van der Waals surface area contributed by atoms with Crippen LogP contribution in [-0.2, 0) is 32.7 Å². The molecule has 3 rings (SSSR count).